The van der Waals surface area contributed by atoms with Gasteiger partial charge in [-0.1, -0.05) is 6.92 Å². The Morgan fingerprint density at radius 2 is 2.18 bits per heavy atom. The van der Waals surface area contributed by atoms with Crippen LogP contribution in [0.15, 0.2) is 23.3 Å². The van der Waals surface area contributed by atoms with Gasteiger partial charge in [0.05, 0.1) is 30.9 Å². The number of methoxy groups -OCH3 is 1. The zero-order valence-electron chi connectivity index (χ0n) is 9.82. The molecule has 17 heavy (non-hydrogen) atoms. The molecule has 1 N–H and O–H groups in total. The maximum absolute atomic E-state index is 11.6. The number of H-pyrrole nitrogens is 1. The minimum absolute atomic E-state index is 0.185. The van der Waals surface area contributed by atoms with Gasteiger partial charge in [0.2, 0.25) is 0 Å². The van der Waals surface area contributed by atoms with Crippen LogP contribution in [-0.2, 0) is 0 Å². The number of nitrogens with zero attached hydrogens (tertiary/aromatic N) is 1. The topological polar surface area (TPSA) is 64.2 Å². The third kappa shape index (κ3) is 2.22. The van der Waals surface area contributed by atoms with Gasteiger partial charge in [0.25, 0.3) is 5.56 Å². The average molecular weight is 234 g/mol. The number of benzene rings is 1. The SMILES string of the molecule is CCCOc1cc2nc[nH]c(=O)c2cc1OC. The molecule has 0 aliphatic carbocycles. The minimum atomic E-state index is -0.185. The first-order valence-electron chi connectivity index (χ1n) is 5.44. The van der Waals surface area contributed by atoms with Crippen molar-refractivity contribution in [3.05, 3.63) is 28.8 Å². The van der Waals surface area contributed by atoms with E-state index in [0.717, 1.165) is 6.42 Å². The molecule has 0 bridgehead atoms. The van der Waals surface area contributed by atoms with Gasteiger partial charge >= 0.3 is 0 Å². The second kappa shape index (κ2) is 4.86. The van der Waals surface area contributed by atoms with E-state index in [4.69, 9.17) is 9.47 Å². The van der Waals surface area contributed by atoms with Crippen molar-refractivity contribution >= 4 is 10.9 Å². The molecule has 1 aromatic heterocycles. The Hall–Kier alpha value is -2.04. The van der Waals surface area contributed by atoms with Crippen molar-refractivity contribution in [3.8, 4) is 11.5 Å². The molecule has 0 unspecified atom stereocenters. The first-order chi connectivity index (χ1) is 8.26. The van der Waals surface area contributed by atoms with E-state index in [1.165, 1.54) is 6.33 Å². The Bertz CT molecular complexity index is 577. The van der Waals surface area contributed by atoms with Crippen LogP contribution in [0.5, 0.6) is 11.5 Å². The predicted molar refractivity (Wildman–Crippen MR) is 64.7 cm³/mol. The fraction of sp³-hybridized carbons (Fsp3) is 0.333. The highest BCUT2D eigenvalue weighted by molar-refractivity contribution is 5.81. The van der Waals surface area contributed by atoms with Crippen LogP contribution in [0.1, 0.15) is 13.3 Å². The van der Waals surface area contributed by atoms with Crippen LogP contribution < -0.4 is 15.0 Å². The number of ether oxygens (including phenoxy) is 2. The first-order valence-corrected chi connectivity index (χ1v) is 5.44. The number of hydrogen-bond acceptors (Lipinski definition) is 4. The van der Waals surface area contributed by atoms with Crippen LogP contribution in [0.25, 0.3) is 10.9 Å². The molecule has 0 amide bonds. The number of aromatic amines is 1. The summed E-state index contributed by atoms with van der Waals surface area (Å²) >= 11 is 0. The molecule has 0 fully saturated rings. The summed E-state index contributed by atoms with van der Waals surface area (Å²) in [4.78, 5) is 18.2. The number of nitrogens with one attached hydrogen (secondary N) is 1. The molecule has 2 rings (SSSR count). The molecule has 0 atom stereocenters. The molecule has 1 heterocycles. The fourth-order valence-corrected chi connectivity index (χ4v) is 1.56. The van der Waals surface area contributed by atoms with Gasteiger partial charge in [-0.3, -0.25) is 4.79 Å². The molecule has 0 spiro atoms. The van der Waals surface area contributed by atoms with Crippen LogP contribution in [-0.4, -0.2) is 23.7 Å². The molecule has 0 aliphatic heterocycles. The first kappa shape index (κ1) is 11.4. The zero-order valence-corrected chi connectivity index (χ0v) is 9.82. The Morgan fingerprint density at radius 1 is 1.35 bits per heavy atom. The van der Waals surface area contributed by atoms with Crippen LogP contribution >= 0.6 is 0 Å². The predicted octanol–water partition coefficient (Wildman–Crippen LogP) is 1.72. The Kier molecular flexibility index (Phi) is 3.27. The van der Waals surface area contributed by atoms with Crippen molar-refractivity contribution in [2.45, 2.75) is 13.3 Å². The lowest BCUT2D eigenvalue weighted by atomic mass is 10.2. The van der Waals surface area contributed by atoms with Crippen molar-refractivity contribution in [2.24, 2.45) is 0 Å². The number of hydrogen-bond donors (Lipinski definition) is 1. The summed E-state index contributed by atoms with van der Waals surface area (Å²) in [6.45, 7) is 2.63. The molecule has 0 saturated carbocycles. The molecule has 1 aromatic carbocycles. The van der Waals surface area contributed by atoms with Crippen molar-refractivity contribution in [1.29, 1.82) is 0 Å². The third-order valence-electron chi connectivity index (χ3n) is 2.39. The summed E-state index contributed by atoms with van der Waals surface area (Å²) in [6.07, 6.45) is 2.28. The second-order valence-corrected chi connectivity index (χ2v) is 3.60. The van der Waals surface area contributed by atoms with Crippen LogP contribution in [0.2, 0.25) is 0 Å². The number of aromatic nitrogens is 2. The summed E-state index contributed by atoms with van der Waals surface area (Å²) in [5, 5.41) is 0.494. The van der Waals surface area contributed by atoms with Crippen molar-refractivity contribution in [3.63, 3.8) is 0 Å². The Labute approximate surface area is 98.4 Å². The van der Waals surface area contributed by atoms with E-state index in [9.17, 15) is 4.79 Å². The molecule has 0 saturated heterocycles. The minimum Gasteiger partial charge on any atom is -0.493 e. The van der Waals surface area contributed by atoms with Gasteiger partial charge in [-0.2, -0.15) is 0 Å². The van der Waals surface area contributed by atoms with Gasteiger partial charge in [-0.05, 0) is 12.5 Å². The molecule has 0 aliphatic rings. The highest BCUT2D eigenvalue weighted by Gasteiger charge is 2.09. The number of fused-ring (bicyclic) bond motifs is 1. The molecular weight excluding hydrogens is 220 g/mol. The van der Waals surface area contributed by atoms with E-state index in [-0.39, 0.29) is 5.56 Å². The summed E-state index contributed by atoms with van der Waals surface area (Å²) < 4.78 is 10.7. The molecule has 0 radical (unpaired) electrons. The van der Waals surface area contributed by atoms with Crippen molar-refractivity contribution < 1.29 is 9.47 Å². The molecule has 5 nitrogen and oxygen atoms in total. The average Bonchev–Trinajstić information content (AvgIpc) is 2.36. The molecule has 2 aromatic rings. The Balaban J connectivity index is 2.56. The van der Waals surface area contributed by atoms with Crippen LogP contribution in [0.4, 0.5) is 0 Å². The summed E-state index contributed by atoms with van der Waals surface area (Å²) in [5.41, 5.74) is 0.413. The zero-order chi connectivity index (χ0) is 12.3. The normalized spacial score (nSPS) is 10.5. The maximum atomic E-state index is 11.6. The lowest BCUT2D eigenvalue weighted by molar-refractivity contribution is 0.295. The summed E-state index contributed by atoms with van der Waals surface area (Å²) in [5.74, 6) is 1.16. The standard InChI is InChI=1S/C12H14N2O3/c1-3-4-17-11-6-9-8(5-10(11)16-2)12(15)14-7-13-9/h5-7H,3-4H2,1-2H3,(H,13,14,15). The van der Waals surface area contributed by atoms with E-state index < -0.39 is 0 Å². The smallest absolute Gasteiger partial charge is 0.258 e. The largest absolute Gasteiger partial charge is 0.493 e. The van der Waals surface area contributed by atoms with Gasteiger partial charge < -0.3 is 14.5 Å². The van der Waals surface area contributed by atoms with E-state index in [0.29, 0.717) is 29.0 Å². The van der Waals surface area contributed by atoms with Crippen LogP contribution in [0.3, 0.4) is 0 Å². The second-order valence-electron chi connectivity index (χ2n) is 3.60. The molecule has 5 heteroatoms. The Morgan fingerprint density at radius 3 is 2.88 bits per heavy atom. The van der Waals surface area contributed by atoms with Crippen molar-refractivity contribution in [2.75, 3.05) is 13.7 Å². The monoisotopic (exact) mass is 234 g/mol. The highest BCUT2D eigenvalue weighted by Crippen LogP contribution is 2.30. The number of rotatable bonds is 4. The van der Waals surface area contributed by atoms with Gasteiger partial charge in [-0.15, -0.1) is 0 Å². The highest BCUT2D eigenvalue weighted by atomic mass is 16.5. The summed E-state index contributed by atoms with van der Waals surface area (Å²) in [7, 11) is 1.55. The summed E-state index contributed by atoms with van der Waals surface area (Å²) in [6, 6.07) is 3.37. The van der Waals surface area contributed by atoms with Gasteiger partial charge in [0.15, 0.2) is 11.5 Å². The van der Waals surface area contributed by atoms with E-state index in [2.05, 4.69) is 9.97 Å². The fourth-order valence-electron chi connectivity index (χ4n) is 1.56. The van der Waals surface area contributed by atoms with E-state index in [1.54, 1.807) is 19.2 Å². The van der Waals surface area contributed by atoms with E-state index in [1.807, 2.05) is 6.92 Å². The maximum Gasteiger partial charge on any atom is 0.258 e. The van der Waals surface area contributed by atoms with Crippen molar-refractivity contribution in [1.82, 2.24) is 9.97 Å². The lowest BCUT2D eigenvalue weighted by Crippen LogP contribution is -2.07. The third-order valence-corrected chi connectivity index (χ3v) is 2.39. The van der Waals surface area contributed by atoms with Gasteiger partial charge in [0, 0.05) is 6.07 Å². The van der Waals surface area contributed by atoms with Crippen LogP contribution in [0, 0.1) is 0 Å². The van der Waals surface area contributed by atoms with E-state index >= 15 is 0 Å². The quantitative estimate of drug-likeness (QED) is 0.874. The van der Waals surface area contributed by atoms with Gasteiger partial charge in [-0.25, -0.2) is 4.98 Å². The lowest BCUT2D eigenvalue weighted by Gasteiger charge is -2.10. The van der Waals surface area contributed by atoms with Gasteiger partial charge in [0.1, 0.15) is 0 Å². The molecule has 90 valence electrons. The molecular formula is C12H14N2O3.